The van der Waals surface area contributed by atoms with E-state index in [0.29, 0.717) is 12.8 Å². The highest BCUT2D eigenvalue weighted by molar-refractivity contribution is 5.70. The van der Waals surface area contributed by atoms with E-state index in [2.05, 4.69) is 71.3 Å². The van der Waals surface area contributed by atoms with Gasteiger partial charge >= 0.3 is 17.9 Å². The van der Waals surface area contributed by atoms with Gasteiger partial charge in [-0.2, -0.15) is 0 Å². The molecular formula is C33H62N4O8. The number of carbonyl (C=O) groups is 3. The van der Waals surface area contributed by atoms with E-state index >= 15 is 0 Å². The van der Waals surface area contributed by atoms with Gasteiger partial charge in [-0.25, -0.2) is 4.79 Å². The normalized spacial score (nSPS) is 24.8. The summed E-state index contributed by atoms with van der Waals surface area (Å²) in [7, 11) is 0. The number of hydrogen-bond donors (Lipinski definition) is 3. The van der Waals surface area contributed by atoms with Crippen molar-refractivity contribution in [3.05, 3.63) is 10.1 Å². The van der Waals surface area contributed by atoms with Gasteiger partial charge in [0.2, 0.25) is 0 Å². The molecule has 0 aromatic carbocycles. The van der Waals surface area contributed by atoms with Gasteiger partial charge in [-0.05, 0) is 83.1 Å². The molecule has 3 N–H and O–H groups in total. The molecule has 3 aliphatic heterocycles. The molecule has 3 rings (SSSR count). The summed E-state index contributed by atoms with van der Waals surface area (Å²) < 4.78 is 15.7. The van der Waals surface area contributed by atoms with Gasteiger partial charge in [0.05, 0.1) is 0 Å². The van der Waals surface area contributed by atoms with Crippen molar-refractivity contribution in [3.63, 3.8) is 0 Å². The summed E-state index contributed by atoms with van der Waals surface area (Å²) >= 11 is 0. The number of nitrogens with zero attached hydrogens (tertiary/aromatic N) is 1. The summed E-state index contributed by atoms with van der Waals surface area (Å²) in [5.74, 6) is -1.11. The highest BCUT2D eigenvalue weighted by Crippen LogP contribution is 2.32. The summed E-state index contributed by atoms with van der Waals surface area (Å²) in [6.07, 6.45) is 4.73. The zero-order valence-electron chi connectivity index (χ0n) is 30.4. The largest absolute Gasteiger partial charge is 0.462 e. The second kappa shape index (κ2) is 15.1. The summed E-state index contributed by atoms with van der Waals surface area (Å²) in [5.41, 5.74) is -0.101. The first kappa shape index (κ1) is 40.7. The SMILES string of the molecule is CC(=O)OC1CC(C)(C)NC(C)(C)C1.CC(=O)OC1CC(C)(C)NC(C)(C)C1.CC1(C)CC(OC(=O)C[N+](=O)[O-])CC(C)(C)N1. The topological polar surface area (TPSA) is 158 Å². The minimum Gasteiger partial charge on any atom is -0.462 e. The monoisotopic (exact) mass is 642 g/mol. The first-order valence-corrected chi connectivity index (χ1v) is 16.0. The number of hydrogen-bond acceptors (Lipinski definition) is 11. The molecular weight excluding hydrogens is 580 g/mol. The fourth-order valence-corrected chi connectivity index (χ4v) is 7.73. The van der Waals surface area contributed by atoms with Crippen LogP contribution in [0.1, 0.15) is 135 Å². The predicted molar refractivity (Wildman–Crippen MR) is 174 cm³/mol. The summed E-state index contributed by atoms with van der Waals surface area (Å²) in [4.78, 5) is 42.6. The van der Waals surface area contributed by atoms with Crippen LogP contribution in [0.25, 0.3) is 0 Å². The number of carbonyl (C=O) groups excluding carboxylic acids is 3. The molecule has 262 valence electrons. The number of rotatable bonds is 5. The third-order valence-corrected chi connectivity index (χ3v) is 7.68. The lowest BCUT2D eigenvalue weighted by molar-refractivity contribution is -0.470. The number of ether oxygens (including phenoxy) is 3. The first-order chi connectivity index (χ1) is 20.0. The van der Waals surface area contributed by atoms with Crippen LogP contribution in [0.4, 0.5) is 0 Å². The zero-order chi connectivity index (χ0) is 35.2. The molecule has 3 heterocycles. The first-order valence-electron chi connectivity index (χ1n) is 16.0. The zero-order valence-corrected chi connectivity index (χ0v) is 30.4. The van der Waals surface area contributed by atoms with Crippen LogP contribution in [0.5, 0.6) is 0 Å². The Bertz CT molecular complexity index is 953. The molecule has 0 amide bonds. The van der Waals surface area contributed by atoms with Crippen molar-refractivity contribution in [2.45, 2.75) is 187 Å². The molecule has 0 saturated carbocycles. The molecule has 0 spiro atoms. The molecule has 0 bridgehead atoms. The van der Waals surface area contributed by atoms with Crippen molar-refractivity contribution in [3.8, 4) is 0 Å². The molecule has 12 heteroatoms. The van der Waals surface area contributed by atoms with Gasteiger partial charge in [-0.15, -0.1) is 0 Å². The van der Waals surface area contributed by atoms with Gasteiger partial charge in [-0.3, -0.25) is 19.7 Å². The predicted octanol–water partition coefficient (Wildman–Crippen LogP) is 4.83. The van der Waals surface area contributed by atoms with Crippen molar-refractivity contribution >= 4 is 17.9 Å². The Morgan fingerprint density at radius 1 is 0.556 bits per heavy atom. The fourth-order valence-electron chi connectivity index (χ4n) is 7.73. The summed E-state index contributed by atoms with van der Waals surface area (Å²) in [6, 6.07) is 0. The lowest BCUT2D eigenvalue weighted by Gasteiger charge is -2.45. The van der Waals surface area contributed by atoms with Crippen LogP contribution in [-0.4, -0.2) is 80.9 Å². The molecule has 45 heavy (non-hydrogen) atoms. The molecule has 3 saturated heterocycles. The highest BCUT2D eigenvalue weighted by atomic mass is 16.6. The van der Waals surface area contributed by atoms with Crippen molar-refractivity contribution in [1.29, 1.82) is 0 Å². The molecule has 12 nitrogen and oxygen atoms in total. The Labute approximate surface area is 271 Å². The fraction of sp³-hybridized carbons (Fsp3) is 0.909. The van der Waals surface area contributed by atoms with Crippen LogP contribution in [0.15, 0.2) is 0 Å². The van der Waals surface area contributed by atoms with Gasteiger partial charge in [-0.1, -0.05) is 0 Å². The van der Waals surface area contributed by atoms with E-state index in [0.717, 1.165) is 25.7 Å². The van der Waals surface area contributed by atoms with Gasteiger partial charge in [0, 0.05) is 90.5 Å². The smallest absolute Gasteiger partial charge is 0.378 e. The molecule has 0 radical (unpaired) electrons. The quantitative estimate of drug-likeness (QED) is 0.163. The third-order valence-electron chi connectivity index (χ3n) is 7.68. The standard InChI is InChI=1S/C11H20N2O4.2C11H21NO2/c1-10(2)5-8(6-11(3,4)12-10)17-9(14)7-13(15)16;2*1-8(13)14-9-6-10(2,3)12-11(4,5)7-9/h8,12H,5-7H2,1-4H3;2*9,12H,6-7H2,1-5H3. The Kier molecular flexibility index (Phi) is 13.6. The minimum atomic E-state index is -0.759. The Hall–Kier alpha value is -2.31. The van der Waals surface area contributed by atoms with E-state index < -0.39 is 17.4 Å². The molecule has 0 aromatic rings. The molecule has 0 aliphatic carbocycles. The van der Waals surface area contributed by atoms with Gasteiger partial charge < -0.3 is 30.2 Å². The second-order valence-electron chi connectivity index (χ2n) is 17.0. The average molecular weight is 643 g/mol. The molecule has 3 fully saturated rings. The van der Waals surface area contributed by atoms with Crippen LogP contribution >= 0.6 is 0 Å². The van der Waals surface area contributed by atoms with E-state index in [4.69, 9.17) is 14.2 Å². The van der Waals surface area contributed by atoms with E-state index in [1.807, 2.05) is 27.7 Å². The van der Waals surface area contributed by atoms with E-state index in [9.17, 15) is 24.5 Å². The van der Waals surface area contributed by atoms with Crippen LogP contribution in [-0.2, 0) is 28.6 Å². The maximum absolute atomic E-state index is 11.3. The molecule has 0 atom stereocenters. The van der Waals surface area contributed by atoms with Crippen molar-refractivity contribution < 1.29 is 33.5 Å². The van der Waals surface area contributed by atoms with Crippen molar-refractivity contribution in [2.75, 3.05) is 6.54 Å². The molecule has 0 aromatic heterocycles. The van der Waals surface area contributed by atoms with E-state index in [1.54, 1.807) is 0 Å². The van der Waals surface area contributed by atoms with Gasteiger partial charge in [0.25, 0.3) is 6.54 Å². The third kappa shape index (κ3) is 17.3. The van der Waals surface area contributed by atoms with E-state index in [1.165, 1.54) is 13.8 Å². The lowest BCUT2D eigenvalue weighted by Crippen LogP contribution is -2.59. The van der Waals surface area contributed by atoms with Crippen LogP contribution in [0, 0.1) is 10.1 Å². The highest BCUT2D eigenvalue weighted by Gasteiger charge is 2.41. The minimum absolute atomic E-state index is 0.0435. The Balaban J connectivity index is 0.000000340. The van der Waals surface area contributed by atoms with Crippen molar-refractivity contribution in [1.82, 2.24) is 16.0 Å². The lowest BCUT2D eigenvalue weighted by atomic mass is 9.81. The second-order valence-corrected chi connectivity index (χ2v) is 17.0. The number of piperidine rings is 3. The molecule has 3 aliphatic rings. The van der Waals surface area contributed by atoms with Crippen LogP contribution < -0.4 is 16.0 Å². The van der Waals surface area contributed by atoms with Crippen LogP contribution in [0.2, 0.25) is 0 Å². The molecule has 0 unspecified atom stereocenters. The van der Waals surface area contributed by atoms with Gasteiger partial charge in [0.1, 0.15) is 18.3 Å². The Morgan fingerprint density at radius 2 is 0.778 bits per heavy atom. The number of nitro groups is 1. The Morgan fingerprint density at radius 3 is 0.978 bits per heavy atom. The van der Waals surface area contributed by atoms with Crippen LogP contribution in [0.3, 0.4) is 0 Å². The number of nitrogens with one attached hydrogen (secondary N) is 3. The summed E-state index contributed by atoms with van der Waals surface area (Å²) in [5, 5.41) is 20.7. The maximum Gasteiger partial charge on any atom is 0.378 e. The van der Waals surface area contributed by atoms with E-state index in [-0.39, 0.29) is 63.5 Å². The summed E-state index contributed by atoms with van der Waals surface area (Å²) in [6.45, 7) is 27.5. The van der Waals surface area contributed by atoms with Crippen molar-refractivity contribution in [2.24, 2.45) is 0 Å². The average Bonchev–Trinajstić information content (AvgIpc) is 2.65. The maximum atomic E-state index is 11.3. The van der Waals surface area contributed by atoms with Gasteiger partial charge in [0.15, 0.2) is 0 Å². The number of esters is 3.